The highest BCUT2D eigenvalue weighted by Gasteiger charge is 2.27. The normalized spacial score (nSPS) is 16.8. The van der Waals surface area contributed by atoms with Crippen LogP contribution in [-0.2, 0) is 16.1 Å². The summed E-state index contributed by atoms with van der Waals surface area (Å²) in [4.78, 5) is 18.6. The molecule has 0 atom stereocenters. The van der Waals surface area contributed by atoms with E-state index in [1.807, 2.05) is 18.2 Å². The molecule has 1 aromatic carbocycles. The number of carbonyl (C=O) groups is 1. The predicted molar refractivity (Wildman–Crippen MR) is 109 cm³/mol. The lowest BCUT2D eigenvalue weighted by atomic mass is 9.97. The van der Waals surface area contributed by atoms with Gasteiger partial charge in [-0.25, -0.2) is 4.99 Å². The molecule has 1 N–H and O–H groups in total. The summed E-state index contributed by atoms with van der Waals surface area (Å²) < 4.78 is 15.6. The Labute approximate surface area is 171 Å². The Hall–Kier alpha value is -1.71. The van der Waals surface area contributed by atoms with Crippen LogP contribution in [0.15, 0.2) is 23.2 Å². The number of carbonyl (C=O) groups excluding carboxylic acids is 1. The molecule has 1 saturated heterocycles. The number of hydrogen-bond donors (Lipinski definition) is 1. The molecule has 2 aliphatic heterocycles. The third-order valence-electron chi connectivity index (χ3n) is 4.51. The van der Waals surface area contributed by atoms with Crippen LogP contribution in [0.5, 0.6) is 11.5 Å². The van der Waals surface area contributed by atoms with E-state index in [0.717, 1.165) is 55.5 Å². The number of halogens is 1. The van der Waals surface area contributed by atoms with Crippen LogP contribution >= 0.6 is 24.0 Å². The number of rotatable bonds is 4. The summed E-state index contributed by atoms with van der Waals surface area (Å²) in [5, 5.41) is 3.34. The number of piperidine rings is 1. The minimum Gasteiger partial charge on any atom is -0.469 e. The van der Waals surface area contributed by atoms with Crippen molar-refractivity contribution in [1.29, 1.82) is 0 Å². The second-order valence-electron chi connectivity index (χ2n) is 6.14. The van der Waals surface area contributed by atoms with Crippen LogP contribution in [0.1, 0.15) is 25.3 Å². The molecule has 0 aliphatic carbocycles. The molecule has 1 fully saturated rings. The smallest absolute Gasteiger partial charge is 0.308 e. The lowest BCUT2D eigenvalue weighted by molar-refractivity contribution is -0.146. The van der Waals surface area contributed by atoms with Gasteiger partial charge in [-0.1, -0.05) is 6.07 Å². The van der Waals surface area contributed by atoms with Crippen LogP contribution in [0.4, 0.5) is 0 Å². The van der Waals surface area contributed by atoms with Gasteiger partial charge in [0, 0.05) is 19.6 Å². The standard InChI is InChI=1S/C18H25N3O4.HI/c1-3-19-18(21-8-6-14(7-9-21)17(22)23-2)20-11-13-4-5-15-16(10-13)25-12-24-15;/h4-5,10,14H,3,6-9,11-12H2,1-2H3,(H,19,20);1H. The van der Waals surface area contributed by atoms with Gasteiger partial charge in [-0.15, -0.1) is 24.0 Å². The van der Waals surface area contributed by atoms with E-state index in [1.54, 1.807) is 0 Å². The van der Waals surface area contributed by atoms with Crippen molar-refractivity contribution in [2.24, 2.45) is 10.9 Å². The van der Waals surface area contributed by atoms with Crippen molar-refractivity contribution in [3.8, 4) is 11.5 Å². The van der Waals surface area contributed by atoms with Crippen molar-refractivity contribution in [2.75, 3.05) is 33.5 Å². The molecule has 0 aromatic heterocycles. The van der Waals surface area contributed by atoms with E-state index < -0.39 is 0 Å². The zero-order valence-corrected chi connectivity index (χ0v) is 17.5. The number of benzene rings is 1. The highest BCUT2D eigenvalue weighted by Crippen LogP contribution is 2.32. The predicted octanol–water partition coefficient (Wildman–Crippen LogP) is 2.38. The van der Waals surface area contributed by atoms with Gasteiger partial charge < -0.3 is 24.4 Å². The summed E-state index contributed by atoms with van der Waals surface area (Å²) >= 11 is 0. The summed E-state index contributed by atoms with van der Waals surface area (Å²) in [6.07, 6.45) is 1.59. The largest absolute Gasteiger partial charge is 0.469 e. The first-order chi connectivity index (χ1) is 12.2. The van der Waals surface area contributed by atoms with E-state index in [4.69, 9.17) is 19.2 Å². The molecular formula is C18H26IN3O4. The molecule has 8 heteroatoms. The van der Waals surface area contributed by atoms with Crippen LogP contribution in [0.3, 0.4) is 0 Å². The molecule has 3 rings (SSSR count). The Morgan fingerprint density at radius 1 is 1.31 bits per heavy atom. The van der Waals surface area contributed by atoms with Crippen LogP contribution in [0.25, 0.3) is 0 Å². The number of likely N-dealkylation sites (tertiary alicyclic amines) is 1. The number of nitrogens with zero attached hydrogens (tertiary/aromatic N) is 2. The topological polar surface area (TPSA) is 72.4 Å². The highest BCUT2D eigenvalue weighted by molar-refractivity contribution is 14.0. The highest BCUT2D eigenvalue weighted by atomic mass is 127. The minimum atomic E-state index is -0.109. The molecule has 0 radical (unpaired) electrons. The molecule has 0 unspecified atom stereocenters. The Morgan fingerprint density at radius 3 is 2.73 bits per heavy atom. The van der Waals surface area contributed by atoms with E-state index in [1.165, 1.54) is 7.11 Å². The van der Waals surface area contributed by atoms with Gasteiger partial charge in [-0.05, 0) is 37.5 Å². The van der Waals surface area contributed by atoms with Crippen LogP contribution in [-0.4, -0.2) is 50.4 Å². The Bertz CT molecular complexity index is 645. The molecule has 0 bridgehead atoms. The van der Waals surface area contributed by atoms with E-state index >= 15 is 0 Å². The van der Waals surface area contributed by atoms with Crippen molar-refractivity contribution in [3.63, 3.8) is 0 Å². The van der Waals surface area contributed by atoms with Gasteiger partial charge in [0.25, 0.3) is 0 Å². The summed E-state index contributed by atoms with van der Waals surface area (Å²) in [6.45, 7) is 5.30. The number of ether oxygens (including phenoxy) is 3. The average Bonchev–Trinajstić information content (AvgIpc) is 3.12. The molecule has 26 heavy (non-hydrogen) atoms. The first kappa shape index (κ1) is 20.6. The van der Waals surface area contributed by atoms with Crippen molar-refractivity contribution in [3.05, 3.63) is 23.8 Å². The monoisotopic (exact) mass is 475 g/mol. The van der Waals surface area contributed by atoms with Gasteiger partial charge in [0.15, 0.2) is 17.5 Å². The molecule has 0 saturated carbocycles. The van der Waals surface area contributed by atoms with Gasteiger partial charge in [0.05, 0.1) is 19.6 Å². The lowest BCUT2D eigenvalue weighted by Crippen LogP contribution is -2.46. The van der Waals surface area contributed by atoms with Crippen molar-refractivity contribution in [2.45, 2.75) is 26.3 Å². The van der Waals surface area contributed by atoms with E-state index in [0.29, 0.717) is 6.54 Å². The van der Waals surface area contributed by atoms with Gasteiger partial charge in [0.2, 0.25) is 6.79 Å². The zero-order chi connectivity index (χ0) is 17.6. The third kappa shape index (κ3) is 4.93. The summed E-state index contributed by atoms with van der Waals surface area (Å²) in [5.74, 6) is 2.32. The van der Waals surface area contributed by atoms with Gasteiger partial charge in [-0.2, -0.15) is 0 Å². The fraction of sp³-hybridized carbons (Fsp3) is 0.556. The molecule has 2 heterocycles. The fourth-order valence-electron chi connectivity index (χ4n) is 3.12. The lowest BCUT2D eigenvalue weighted by Gasteiger charge is -2.33. The quantitative estimate of drug-likeness (QED) is 0.312. The first-order valence-electron chi connectivity index (χ1n) is 8.71. The van der Waals surface area contributed by atoms with Crippen molar-refractivity contribution < 1.29 is 19.0 Å². The summed E-state index contributed by atoms with van der Waals surface area (Å²) in [5.41, 5.74) is 1.07. The third-order valence-corrected chi connectivity index (χ3v) is 4.51. The maximum atomic E-state index is 11.7. The van der Waals surface area contributed by atoms with Crippen LogP contribution in [0.2, 0.25) is 0 Å². The first-order valence-corrected chi connectivity index (χ1v) is 8.71. The van der Waals surface area contributed by atoms with Gasteiger partial charge in [0.1, 0.15) is 0 Å². The van der Waals surface area contributed by atoms with E-state index in [2.05, 4.69) is 17.1 Å². The van der Waals surface area contributed by atoms with E-state index in [9.17, 15) is 4.79 Å². The molecular weight excluding hydrogens is 449 g/mol. The number of aliphatic imine (C=N–C) groups is 1. The second-order valence-corrected chi connectivity index (χ2v) is 6.14. The number of fused-ring (bicyclic) bond motifs is 1. The minimum absolute atomic E-state index is 0. The maximum absolute atomic E-state index is 11.7. The number of guanidine groups is 1. The molecule has 144 valence electrons. The Balaban J connectivity index is 0.00000243. The van der Waals surface area contributed by atoms with Gasteiger partial charge >= 0.3 is 5.97 Å². The number of nitrogens with one attached hydrogen (secondary N) is 1. The Morgan fingerprint density at radius 2 is 2.04 bits per heavy atom. The molecule has 2 aliphatic rings. The average molecular weight is 475 g/mol. The molecule has 1 aromatic rings. The molecule has 0 amide bonds. The van der Waals surface area contributed by atoms with Crippen molar-refractivity contribution >= 4 is 35.9 Å². The number of methoxy groups -OCH3 is 1. The maximum Gasteiger partial charge on any atom is 0.308 e. The van der Waals surface area contributed by atoms with Crippen molar-refractivity contribution in [1.82, 2.24) is 10.2 Å². The summed E-state index contributed by atoms with van der Waals surface area (Å²) in [7, 11) is 1.45. The van der Waals surface area contributed by atoms with E-state index in [-0.39, 0.29) is 42.7 Å². The SMILES string of the molecule is CCNC(=NCc1ccc2c(c1)OCO2)N1CCC(C(=O)OC)CC1.I. The number of hydrogen-bond acceptors (Lipinski definition) is 5. The zero-order valence-electron chi connectivity index (χ0n) is 15.2. The second kappa shape index (κ2) is 9.84. The number of esters is 1. The fourth-order valence-corrected chi connectivity index (χ4v) is 3.12. The Kier molecular flexibility index (Phi) is 7.80. The summed E-state index contributed by atoms with van der Waals surface area (Å²) in [6, 6.07) is 5.89. The van der Waals surface area contributed by atoms with Gasteiger partial charge in [-0.3, -0.25) is 4.79 Å². The molecule has 0 spiro atoms. The molecule has 7 nitrogen and oxygen atoms in total. The van der Waals surface area contributed by atoms with Crippen LogP contribution in [0, 0.1) is 5.92 Å². The van der Waals surface area contributed by atoms with Crippen LogP contribution < -0.4 is 14.8 Å².